The fraction of sp³-hybridized carbons (Fsp3) is 0.611. The van der Waals surface area contributed by atoms with Gasteiger partial charge in [0.2, 0.25) is 0 Å². The number of rotatable bonds is 5. The largest absolute Gasteiger partial charge is 0.349 e. The third-order valence-corrected chi connectivity index (χ3v) is 6.42. The summed E-state index contributed by atoms with van der Waals surface area (Å²) < 4.78 is 1.93. The summed E-state index contributed by atoms with van der Waals surface area (Å²) in [5.74, 6) is -0.115. The minimum absolute atomic E-state index is 0.115. The van der Waals surface area contributed by atoms with Crippen molar-refractivity contribution in [2.75, 3.05) is 32.7 Å². The van der Waals surface area contributed by atoms with Gasteiger partial charge in [0.25, 0.3) is 5.91 Å². The average Bonchev–Trinajstić information content (AvgIpc) is 3.28. The maximum absolute atomic E-state index is 12.5. The Kier molecular flexibility index (Phi) is 5.33. The second kappa shape index (κ2) is 7.85. The third kappa shape index (κ3) is 3.67. The number of nitrogens with zero attached hydrogens (tertiary/aromatic N) is 4. The number of carbonyl (C=O) groups is 1. The van der Waals surface area contributed by atoms with Gasteiger partial charge in [-0.3, -0.25) is 9.69 Å². The first kappa shape index (κ1) is 17.6. The van der Waals surface area contributed by atoms with Gasteiger partial charge < -0.3 is 10.6 Å². The normalized spacial score (nSPS) is 18.7. The zero-order valence-electron chi connectivity index (χ0n) is 15.2. The van der Waals surface area contributed by atoms with Crippen molar-refractivity contribution in [3.05, 3.63) is 33.3 Å². The molecule has 0 spiro atoms. The van der Waals surface area contributed by atoms with Crippen LogP contribution in [-0.2, 0) is 13.0 Å². The first-order valence-corrected chi connectivity index (χ1v) is 10.3. The molecule has 2 aromatic heterocycles. The van der Waals surface area contributed by atoms with Crippen LogP contribution < -0.4 is 10.6 Å². The molecule has 8 heteroatoms. The smallest absolute Gasteiger partial charge is 0.273 e. The van der Waals surface area contributed by atoms with E-state index in [-0.39, 0.29) is 5.91 Å². The predicted molar refractivity (Wildman–Crippen MR) is 102 cm³/mol. The molecule has 0 atom stereocenters. The minimum Gasteiger partial charge on any atom is -0.349 e. The molecule has 0 bridgehead atoms. The van der Waals surface area contributed by atoms with Crippen LogP contribution in [0.5, 0.6) is 0 Å². The summed E-state index contributed by atoms with van der Waals surface area (Å²) in [5, 5.41) is 16.9. The summed E-state index contributed by atoms with van der Waals surface area (Å²) in [6.07, 6.45) is 3.18. The monoisotopic (exact) mass is 374 g/mol. The van der Waals surface area contributed by atoms with Crippen LogP contribution in [0, 0.1) is 6.92 Å². The molecule has 2 aromatic rings. The standard InChI is InChI=1S/C18H26N6OS/c1-13-17(21-22-24(13)15-2-6-19-7-3-15)18(25)20-8-10-23-9-4-16-14(12-23)5-11-26-16/h5,11,15,19H,2-4,6-10,12H2,1H3,(H,20,25). The lowest BCUT2D eigenvalue weighted by molar-refractivity contribution is 0.0941. The van der Waals surface area contributed by atoms with E-state index in [0.717, 1.165) is 57.7 Å². The molecule has 0 aliphatic carbocycles. The van der Waals surface area contributed by atoms with Gasteiger partial charge in [0.15, 0.2) is 5.69 Å². The Bertz CT molecular complexity index is 764. The van der Waals surface area contributed by atoms with Gasteiger partial charge in [0, 0.05) is 31.1 Å². The van der Waals surface area contributed by atoms with Crippen LogP contribution in [0.4, 0.5) is 0 Å². The number of hydrogen-bond acceptors (Lipinski definition) is 6. The fourth-order valence-electron chi connectivity index (χ4n) is 3.86. The molecule has 4 rings (SSSR count). The highest BCUT2D eigenvalue weighted by Gasteiger charge is 2.23. The Labute approximate surface area is 157 Å². The Balaban J connectivity index is 1.29. The van der Waals surface area contributed by atoms with Crippen molar-refractivity contribution in [1.82, 2.24) is 30.5 Å². The van der Waals surface area contributed by atoms with E-state index in [0.29, 0.717) is 18.3 Å². The van der Waals surface area contributed by atoms with E-state index in [2.05, 4.69) is 37.3 Å². The van der Waals surface area contributed by atoms with Gasteiger partial charge in [-0.05, 0) is 56.3 Å². The number of aromatic nitrogens is 3. The van der Waals surface area contributed by atoms with Crippen LogP contribution in [0.1, 0.15) is 45.5 Å². The highest BCUT2D eigenvalue weighted by Crippen LogP contribution is 2.23. The van der Waals surface area contributed by atoms with Gasteiger partial charge in [-0.25, -0.2) is 4.68 Å². The van der Waals surface area contributed by atoms with Crippen LogP contribution >= 0.6 is 11.3 Å². The van der Waals surface area contributed by atoms with Crippen molar-refractivity contribution in [3.63, 3.8) is 0 Å². The molecule has 140 valence electrons. The van der Waals surface area contributed by atoms with Gasteiger partial charge in [-0.15, -0.1) is 16.4 Å². The molecule has 1 fully saturated rings. The Hall–Kier alpha value is -1.77. The summed E-state index contributed by atoms with van der Waals surface area (Å²) in [6.45, 7) is 7.48. The molecule has 2 aliphatic heterocycles. The number of piperidine rings is 1. The van der Waals surface area contributed by atoms with E-state index in [9.17, 15) is 4.79 Å². The molecule has 0 unspecified atom stereocenters. The van der Waals surface area contributed by atoms with Crippen LogP contribution in [0.15, 0.2) is 11.4 Å². The lowest BCUT2D eigenvalue weighted by atomic mass is 10.1. The molecular weight excluding hydrogens is 348 g/mol. The van der Waals surface area contributed by atoms with Crippen molar-refractivity contribution >= 4 is 17.2 Å². The summed E-state index contributed by atoms with van der Waals surface area (Å²) in [7, 11) is 0. The average molecular weight is 375 g/mol. The fourth-order valence-corrected chi connectivity index (χ4v) is 4.75. The molecule has 26 heavy (non-hydrogen) atoms. The molecule has 0 radical (unpaired) electrons. The summed E-state index contributed by atoms with van der Waals surface area (Å²) in [5.41, 5.74) is 2.77. The summed E-state index contributed by atoms with van der Waals surface area (Å²) in [6, 6.07) is 2.56. The predicted octanol–water partition coefficient (Wildman–Crippen LogP) is 1.36. The number of thiophene rings is 1. The number of carbonyl (C=O) groups excluding carboxylic acids is 1. The SMILES string of the molecule is Cc1c(C(=O)NCCN2CCc3sccc3C2)nnn1C1CCNCC1. The van der Waals surface area contributed by atoms with Crippen molar-refractivity contribution in [3.8, 4) is 0 Å². The number of hydrogen-bond donors (Lipinski definition) is 2. The maximum Gasteiger partial charge on any atom is 0.273 e. The molecule has 2 N–H and O–H groups in total. The summed E-state index contributed by atoms with van der Waals surface area (Å²) in [4.78, 5) is 16.4. The van der Waals surface area contributed by atoms with E-state index in [4.69, 9.17) is 0 Å². The van der Waals surface area contributed by atoms with Crippen LogP contribution in [0.25, 0.3) is 0 Å². The van der Waals surface area contributed by atoms with Crippen molar-refractivity contribution < 1.29 is 4.79 Å². The molecule has 7 nitrogen and oxygen atoms in total. The maximum atomic E-state index is 12.5. The first-order valence-electron chi connectivity index (χ1n) is 9.40. The second-order valence-electron chi connectivity index (χ2n) is 7.10. The topological polar surface area (TPSA) is 75.1 Å². The summed E-state index contributed by atoms with van der Waals surface area (Å²) >= 11 is 1.85. The molecule has 1 amide bonds. The van der Waals surface area contributed by atoms with Gasteiger partial charge in [-0.1, -0.05) is 5.21 Å². The van der Waals surface area contributed by atoms with E-state index < -0.39 is 0 Å². The number of fused-ring (bicyclic) bond motifs is 1. The van der Waals surface area contributed by atoms with Crippen LogP contribution in [-0.4, -0.2) is 58.5 Å². The quantitative estimate of drug-likeness (QED) is 0.827. The zero-order valence-corrected chi connectivity index (χ0v) is 16.0. The Morgan fingerprint density at radius 2 is 2.27 bits per heavy atom. The molecule has 0 aromatic carbocycles. The first-order chi connectivity index (χ1) is 12.7. The van der Waals surface area contributed by atoms with Gasteiger partial charge >= 0.3 is 0 Å². The van der Waals surface area contributed by atoms with Gasteiger partial charge in [0.1, 0.15) is 0 Å². The molecule has 1 saturated heterocycles. The van der Waals surface area contributed by atoms with E-state index in [1.807, 2.05) is 22.9 Å². The Morgan fingerprint density at radius 3 is 3.12 bits per heavy atom. The minimum atomic E-state index is -0.115. The van der Waals surface area contributed by atoms with Gasteiger partial charge in [-0.2, -0.15) is 0 Å². The second-order valence-corrected chi connectivity index (χ2v) is 8.10. The third-order valence-electron chi connectivity index (χ3n) is 5.40. The van der Waals surface area contributed by atoms with Crippen molar-refractivity contribution in [1.29, 1.82) is 0 Å². The van der Waals surface area contributed by atoms with Crippen molar-refractivity contribution in [2.45, 2.75) is 38.8 Å². The van der Waals surface area contributed by atoms with Crippen molar-refractivity contribution in [2.24, 2.45) is 0 Å². The molecular formula is C18H26N6OS. The lowest BCUT2D eigenvalue weighted by Gasteiger charge is -2.26. The van der Waals surface area contributed by atoms with E-state index in [1.165, 1.54) is 10.4 Å². The molecule has 0 saturated carbocycles. The van der Waals surface area contributed by atoms with E-state index in [1.54, 1.807) is 0 Å². The highest BCUT2D eigenvalue weighted by atomic mass is 32.1. The Morgan fingerprint density at radius 1 is 1.42 bits per heavy atom. The van der Waals surface area contributed by atoms with Crippen LogP contribution in [0.2, 0.25) is 0 Å². The molecule has 2 aliphatic rings. The number of nitrogens with one attached hydrogen (secondary N) is 2. The van der Waals surface area contributed by atoms with Crippen LogP contribution in [0.3, 0.4) is 0 Å². The van der Waals surface area contributed by atoms with E-state index >= 15 is 0 Å². The molecule has 4 heterocycles. The lowest BCUT2D eigenvalue weighted by Crippen LogP contribution is -2.37. The number of amides is 1. The van der Waals surface area contributed by atoms with Gasteiger partial charge in [0.05, 0.1) is 11.7 Å². The zero-order chi connectivity index (χ0) is 17.9. The highest BCUT2D eigenvalue weighted by molar-refractivity contribution is 7.10.